The highest BCUT2D eigenvalue weighted by Crippen LogP contribution is 2.31. The SMILES string of the molecule is CC(C)c1ccc(-c2noc(C3CCC(=O)CC3)n2)cc1. The number of carbonyl (C=O) groups excluding carboxylic acids is 1. The standard InChI is InChI=1S/C17H20N2O2/c1-11(2)12-3-5-13(6-4-12)16-18-17(21-19-16)14-7-9-15(20)10-8-14/h3-6,11,14H,7-10H2,1-2H3. The maximum absolute atomic E-state index is 11.3. The molecule has 0 unspecified atom stereocenters. The number of carbonyl (C=O) groups is 1. The molecule has 3 rings (SSSR count). The first kappa shape index (κ1) is 14.0. The average molecular weight is 284 g/mol. The van der Waals surface area contributed by atoms with Gasteiger partial charge < -0.3 is 4.52 Å². The number of rotatable bonds is 3. The second-order valence-corrected chi connectivity index (χ2v) is 6.05. The predicted molar refractivity (Wildman–Crippen MR) is 80.0 cm³/mol. The van der Waals surface area contributed by atoms with Crippen molar-refractivity contribution in [3.63, 3.8) is 0 Å². The van der Waals surface area contributed by atoms with Crippen molar-refractivity contribution in [1.29, 1.82) is 0 Å². The molecule has 110 valence electrons. The zero-order valence-electron chi connectivity index (χ0n) is 12.5. The number of benzene rings is 1. The van der Waals surface area contributed by atoms with Crippen molar-refractivity contribution in [2.45, 2.75) is 51.4 Å². The Morgan fingerprint density at radius 2 is 1.81 bits per heavy atom. The van der Waals surface area contributed by atoms with Crippen LogP contribution in [0.15, 0.2) is 28.8 Å². The number of hydrogen-bond acceptors (Lipinski definition) is 4. The topological polar surface area (TPSA) is 56.0 Å². The monoisotopic (exact) mass is 284 g/mol. The zero-order valence-corrected chi connectivity index (χ0v) is 12.5. The molecule has 0 radical (unpaired) electrons. The Morgan fingerprint density at radius 1 is 1.14 bits per heavy atom. The summed E-state index contributed by atoms with van der Waals surface area (Å²) in [7, 11) is 0. The van der Waals surface area contributed by atoms with E-state index in [1.54, 1.807) is 0 Å². The fraction of sp³-hybridized carbons (Fsp3) is 0.471. The van der Waals surface area contributed by atoms with E-state index in [9.17, 15) is 4.79 Å². The summed E-state index contributed by atoms with van der Waals surface area (Å²) in [6, 6.07) is 8.29. The molecule has 0 spiro atoms. The number of nitrogens with zero attached hydrogens (tertiary/aromatic N) is 2. The van der Waals surface area contributed by atoms with Crippen LogP contribution in [0.25, 0.3) is 11.4 Å². The lowest BCUT2D eigenvalue weighted by Gasteiger charge is -2.16. The Kier molecular flexibility index (Phi) is 3.86. The molecule has 4 nitrogen and oxygen atoms in total. The number of Topliss-reactive ketones (excluding diaryl/α,β-unsaturated/α-hetero) is 1. The van der Waals surface area contributed by atoms with Crippen molar-refractivity contribution < 1.29 is 9.32 Å². The van der Waals surface area contributed by atoms with E-state index in [2.05, 4.69) is 36.1 Å². The first-order chi connectivity index (χ1) is 10.1. The molecule has 0 atom stereocenters. The van der Waals surface area contributed by atoms with Crippen LogP contribution in [0.1, 0.15) is 62.8 Å². The summed E-state index contributed by atoms with van der Waals surface area (Å²) in [6.07, 6.45) is 2.91. The Labute approximate surface area is 124 Å². The van der Waals surface area contributed by atoms with Gasteiger partial charge in [0, 0.05) is 24.3 Å². The van der Waals surface area contributed by atoms with E-state index in [4.69, 9.17) is 4.52 Å². The van der Waals surface area contributed by atoms with Gasteiger partial charge in [-0.25, -0.2) is 0 Å². The van der Waals surface area contributed by atoms with E-state index in [1.165, 1.54) is 5.56 Å². The van der Waals surface area contributed by atoms with E-state index in [0.29, 0.717) is 36.3 Å². The fourth-order valence-electron chi connectivity index (χ4n) is 2.72. The molecule has 1 aliphatic carbocycles. The Hall–Kier alpha value is -1.97. The van der Waals surface area contributed by atoms with E-state index in [0.717, 1.165) is 18.4 Å². The maximum atomic E-state index is 11.3. The van der Waals surface area contributed by atoms with E-state index < -0.39 is 0 Å². The molecular weight excluding hydrogens is 264 g/mol. The lowest BCUT2D eigenvalue weighted by atomic mass is 9.88. The second kappa shape index (κ2) is 5.80. The largest absolute Gasteiger partial charge is 0.339 e. The van der Waals surface area contributed by atoms with Gasteiger partial charge in [0.2, 0.25) is 11.7 Å². The molecule has 1 heterocycles. The fourth-order valence-corrected chi connectivity index (χ4v) is 2.72. The van der Waals surface area contributed by atoms with Crippen molar-refractivity contribution >= 4 is 5.78 Å². The third kappa shape index (κ3) is 3.04. The van der Waals surface area contributed by atoms with Gasteiger partial charge in [0.05, 0.1) is 0 Å². The first-order valence-corrected chi connectivity index (χ1v) is 7.59. The molecule has 1 saturated carbocycles. The zero-order chi connectivity index (χ0) is 14.8. The van der Waals surface area contributed by atoms with Crippen LogP contribution in [-0.4, -0.2) is 15.9 Å². The van der Waals surface area contributed by atoms with Gasteiger partial charge in [0.1, 0.15) is 5.78 Å². The molecule has 1 aromatic heterocycles. The van der Waals surface area contributed by atoms with Crippen LogP contribution in [0.2, 0.25) is 0 Å². The summed E-state index contributed by atoms with van der Waals surface area (Å²) in [6.45, 7) is 4.34. The quantitative estimate of drug-likeness (QED) is 0.852. The van der Waals surface area contributed by atoms with Crippen molar-refractivity contribution in [3.8, 4) is 11.4 Å². The highest BCUT2D eigenvalue weighted by molar-refractivity contribution is 5.79. The summed E-state index contributed by atoms with van der Waals surface area (Å²) in [4.78, 5) is 15.8. The molecule has 0 N–H and O–H groups in total. The van der Waals surface area contributed by atoms with Gasteiger partial charge in [-0.15, -0.1) is 0 Å². The van der Waals surface area contributed by atoms with Crippen LogP contribution in [0.5, 0.6) is 0 Å². The minimum atomic E-state index is 0.235. The van der Waals surface area contributed by atoms with E-state index >= 15 is 0 Å². The van der Waals surface area contributed by atoms with Crippen LogP contribution in [0.3, 0.4) is 0 Å². The van der Waals surface area contributed by atoms with Gasteiger partial charge in [-0.2, -0.15) is 4.98 Å². The summed E-state index contributed by atoms with van der Waals surface area (Å²) in [5.41, 5.74) is 2.27. The molecule has 0 saturated heterocycles. The molecule has 1 aliphatic rings. The minimum Gasteiger partial charge on any atom is -0.339 e. The Bertz CT molecular complexity index is 618. The molecule has 4 heteroatoms. The van der Waals surface area contributed by atoms with Gasteiger partial charge in [-0.05, 0) is 24.3 Å². The number of ketones is 1. The minimum absolute atomic E-state index is 0.235. The van der Waals surface area contributed by atoms with E-state index in [-0.39, 0.29) is 5.92 Å². The van der Waals surface area contributed by atoms with E-state index in [1.807, 2.05) is 12.1 Å². The van der Waals surface area contributed by atoms with Crippen LogP contribution < -0.4 is 0 Å². The molecule has 2 aromatic rings. The normalized spacial score (nSPS) is 16.6. The van der Waals surface area contributed by atoms with Crippen molar-refractivity contribution in [3.05, 3.63) is 35.7 Å². The molecule has 21 heavy (non-hydrogen) atoms. The van der Waals surface area contributed by atoms with Gasteiger partial charge in [-0.1, -0.05) is 43.3 Å². The smallest absolute Gasteiger partial charge is 0.230 e. The maximum Gasteiger partial charge on any atom is 0.230 e. The van der Waals surface area contributed by atoms with Gasteiger partial charge in [0.15, 0.2) is 0 Å². The Morgan fingerprint density at radius 3 is 2.43 bits per heavy atom. The lowest BCUT2D eigenvalue weighted by molar-refractivity contribution is -0.120. The van der Waals surface area contributed by atoms with Crippen LogP contribution in [0.4, 0.5) is 0 Å². The van der Waals surface area contributed by atoms with Crippen LogP contribution >= 0.6 is 0 Å². The first-order valence-electron chi connectivity index (χ1n) is 7.59. The molecule has 0 aliphatic heterocycles. The lowest BCUT2D eigenvalue weighted by Crippen LogP contribution is -2.12. The number of aromatic nitrogens is 2. The van der Waals surface area contributed by atoms with Crippen molar-refractivity contribution in [1.82, 2.24) is 10.1 Å². The van der Waals surface area contributed by atoms with Crippen molar-refractivity contribution in [2.75, 3.05) is 0 Å². The highest BCUT2D eigenvalue weighted by atomic mass is 16.5. The van der Waals surface area contributed by atoms with Gasteiger partial charge >= 0.3 is 0 Å². The summed E-state index contributed by atoms with van der Waals surface area (Å²) in [5, 5.41) is 4.08. The third-order valence-electron chi connectivity index (χ3n) is 4.17. The average Bonchev–Trinajstić information content (AvgIpc) is 2.98. The molecular formula is C17H20N2O2. The van der Waals surface area contributed by atoms with Gasteiger partial charge in [0.25, 0.3) is 0 Å². The van der Waals surface area contributed by atoms with Crippen molar-refractivity contribution in [2.24, 2.45) is 0 Å². The summed E-state index contributed by atoms with van der Waals surface area (Å²) >= 11 is 0. The van der Waals surface area contributed by atoms with Gasteiger partial charge in [-0.3, -0.25) is 4.79 Å². The van der Waals surface area contributed by atoms with Crippen LogP contribution in [0, 0.1) is 0 Å². The number of hydrogen-bond donors (Lipinski definition) is 0. The molecule has 0 amide bonds. The third-order valence-corrected chi connectivity index (χ3v) is 4.17. The molecule has 1 fully saturated rings. The highest BCUT2D eigenvalue weighted by Gasteiger charge is 2.25. The summed E-state index contributed by atoms with van der Waals surface area (Å²) in [5.74, 6) is 2.40. The Balaban J connectivity index is 1.76. The summed E-state index contributed by atoms with van der Waals surface area (Å²) < 4.78 is 5.40. The predicted octanol–water partition coefficient (Wildman–Crippen LogP) is 4.09. The second-order valence-electron chi connectivity index (χ2n) is 6.05. The molecule has 1 aromatic carbocycles. The molecule has 0 bridgehead atoms. The van der Waals surface area contributed by atoms with Crippen LogP contribution in [-0.2, 0) is 4.79 Å².